The van der Waals surface area contributed by atoms with E-state index in [1.807, 2.05) is 56.3 Å². The van der Waals surface area contributed by atoms with E-state index in [4.69, 9.17) is 4.74 Å². The molecule has 35 heavy (non-hydrogen) atoms. The fourth-order valence-corrected chi connectivity index (χ4v) is 5.13. The van der Waals surface area contributed by atoms with Crippen LogP contribution in [0.15, 0.2) is 54.6 Å². The molecule has 0 saturated carbocycles. The average Bonchev–Trinajstić information content (AvgIpc) is 3.14. The number of amides is 4. The van der Waals surface area contributed by atoms with Crippen LogP contribution in [0.25, 0.3) is 0 Å². The number of rotatable bonds is 9. The van der Waals surface area contributed by atoms with Gasteiger partial charge in [0.1, 0.15) is 17.8 Å². The van der Waals surface area contributed by atoms with Gasteiger partial charge in [-0.3, -0.25) is 14.5 Å². The zero-order valence-corrected chi connectivity index (χ0v) is 20.7. The van der Waals surface area contributed by atoms with Crippen molar-refractivity contribution < 1.29 is 19.1 Å². The van der Waals surface area contributed by atoms with Crippen LogP contribution in [0.1, 0.15) is 50.7 Å². The molecule has 2 heterocycles. The van der Waals surface area contributed by atoms with E-state index in [-0.39, 0.29) is 18.4 Å². The van der Waals surface area contributed by atoms with Gasteiger partial charge in [-0.05, 0) is 68.2 Å². The Kier molecular flexibility index (Phi) is 7.73. The maximum Gasteiger partial charge on any atom is 0.325 e. The Morgan fingerprint density at radius 1 is 1.03 bits per heavy atom. The summed E-state index contributed by atoms with van der Waals surface area (Å²) in [6.07, 6.45) is 4.38. The lowest BCUT2D eigenvalue weighted by Gasteiger charge is -2.33. The number of aryl methyl sites for hydroxylation is 1. The van der Waals surface area contributed by atoms with Gasteiger partial charge < -0.3 is 15.0 Å². The molecule has 0 spiro atoms. The lowest BCUT2D eigenvalue weighted by molar-refractivity contribution is -0.140. The van der Waals surface area contributed by atoms with Gasteiger partial charge in [0.05, 0.1) is 6.61 Å². The van der Waals surface area contributed by atoms with Gasteiger partial charge >= 0.3 is 6.03 Å². The first-order valence-corrected chi connectivity index (χ1v) is 12.7. The number of likely N-dealkylation sites (tertiary alicyclic amines) is 1. The van der Waals surface area contributed by atoms with E-state index in [2.05, 4.69) is 17.4 Å². The van der Waals surface area contributed by atoms with Gasteiger partial charge in [0.2, 0.25) is 5.91 Å². The molecule has 2 aromatic rings. The molecule has 2 aliphatic heterocycles. The topological polar surface area (TPSA) is 79.0 Å². The number of ether oxygens (including phenoxy) is 1. The van der Waals surface area contributed by atoms with E-state index in [1.54, 1.807) is 4.90 Å². The molecule has 2 fully saturated rings. The zero-order valence-electron chi connectivity index (χ0n) is 20.7. The molecule has 7 nitrogen and oxygen atoms in total. The second-order valence-corrected chi connectivity index (χ2v) is 9.39. The highest BCUT2D eigenvalue weighted by Gasteiger charge is 2.51. The Labute approximate surface area is 207 Å². The molecule has 4 rings (SSSR count). The van der Waals surface area contributed by atoms with Gasteiger partial charge in [-0.15, -0.1) is 0 Å². The lowest BCUT2D eigenvalue weighted by Crippen LogP contribution is -2.47. The summed E-state index contributed by atoms with van der Waals surface area (Å²) in [7, 11) is 0. The van der Waals surface area contributed by atoms with E-state index in [1.165, 1.54) is 5.56 Å². The molecule has 2 aliphatic rings. The van der Waals surface area contributed by atoms with Crippen LogP contribution in [0.4, 0.5) is 4.79 Å². The first-order valence-electron chi connectivity index (χ1n) is 12.7. The summed E-state index contributed by atoms with van der Waals surface area (Å²) in [4.78, 5) is 41.8. The summed E-state index contributed by atoms with van der Waals surface area (Å²) in [5.41, 5.74) is 0.930. The van der Waals surface area contributed by atoms with Crippen molar-refractivity contribution in [2.75, 3.05) is 26.2 Å². The number of piperidine rings is 1. The van der Waals surface area contributed by atoms with Crippen molar-refractivity contribution >= 4 is 17.8 Å². The van der Waals surface area contributed by atoms with Crippen molar-refractivity contribution in [3.05, 3.63) is 65.7 Å². The second-order valence-electron chi connectivity index (χ2n) is 9.39. The highest BCUT2D eigenvalue weighted by atomic mass is 16.5. The second kappa shape index (κ2) is 10.9. The molecule has 1 atom stereocenters. The Bertz CT molecular complexity index is 1030. The monoisotopic (exact) mass is 477 g/mol. The number of nitrogens with zero attached hydrogens (tertiary/aromatic N) is 2. The number of carbonyl (C=O) groups excluding carboxylic acids is 3. The molecular weight excluding hydrogens is 442 g/mol. The summed E-state index contributed by atoms with van der Waals surface area (Å²) in [5.74, 6) is 0.939. The Morgan fingerprint density at radius 2 is 1.71 bits per heavy atom. The van der Waals surface area contributed by atoms with Gasteiger partial charge in [-0.2, -0.15) is 0 Å². The van der Waals surface area contributed by atoms with Crippen LogP contribution in [-0.4, -0.2) is 53.9 Å². The molecule has 2 aromatic carbocycles. The van der Waals surface area contributed by atoms with Crippen molar-refractivity contribution in [2.45, 2.75) is 51.5 Å². The van der Waals surface area contributed by atoms with Crippen LogP contribution in [0.2, 0.25) is 0 Å². The predicted octanol–water partition coefficient (Wildman–Crippen LogP) is 4.11. The Balaban J connectivity index is 1.28. The quantitative estimate of drug-likeness (QED) is 0.551. The van der Waals surface area contributed by atoms with E-state index in [0.717, 1.165) is 41.9 Å². The highest BCUT2D eigenvalue weighted by Crippen LogP contribution is 2.32. The van der Waals surface area contributed by atoms with E-state index < -0.39 is 11.6 Å². The molecule has 1 N–H and O–H groups in total. The minimum absolute atomic E-state index is 0.168. The molecule has 0 aliphatic carbocycles. The number of carbonyl (C=O) groups is 3. The summed E-state index contributed by atoms with van der Waals surface area (Å²) in [6, 6.07) is 17.0. The predicted molar refractivity (Wildman–Crippen MR) is 134 cm³/mol. The number of hydrogen-bond acceptors (Lipinski definition) is 4. The smallest absolute Gasteiger partial charge is 0.325 e. The molecule has 0 radical (unpaired) electrons. The molecule has 0 aromatic heterocycles. The molecule has 186 valence electrons. The van der Waals surface area contributed by atoms with Crippen molar-refractivity contribution in [1.29, 1.82) is 0 Å². The largest absolute Gasteiger partial charge is 0.494 e. The fourth-order valence-electron chi connectivity index (χ4n) is 5.13. The summed E-state index contributed by atoms with van der Waals surface area (Å²) < 4.78 is 5.50. The Morgan fingerprint density at radius 3 is 2.34 bits per heavy atom. The molecule has 7 heteroatoms. The normalized spacial score (nSPS) is 20.7. The third-order valence-electron chi connectivity index (χ3n) is 7.31. The fraction of sp³-hybridized carbons (Fsp3) is 0.464. The number of imide groups is 1. The van der Waals surface area contributed by atoms with Crippen LogP contribution >= 0.6 is 0 Å². The molecule has 1 unspecified atom stereocenters. The minimum atomic E-state index is -1.10. The van der Waals surface area contributed by atoms with E-state index >= 15 is 0 Å². The van der Waals surface area contributed by atoms with E-state index in [9.17, 15) is 14.4 Å². The van der Waals surface area contributed by atoms with Crippen molar-refractivity contribution in [1.82, 2.24) is 15.1 Å². The zero-order chi connectivity index (χ0) is 24.8. The molecule has 2 saturated heterocycles. The molecule has 4 amide bonds. The van der Waals surface area contributed by atoms with E-state index in [0.29, 0.717) is 32.0 Å². The van der Waals surface area contributed by atoms with Gasteiger partial charge in [0, 0.05) is 13.1 Å². The number of hydrogen-bond donors (Lipinski definition) is 1. The summed E-state index contributed by atoms with van der Waals surface area (Å²) in [5, 5.41) is 2.85. The van der Waals surface area contributed by atoms with Gasteiger partial charge in [-0.1, -0.05) is 49.4 Å². The van der Waals surface area contributed by atoms with Crippen LogP contribution in [-0.2, 0) is 21.5 Å². The maximum atomic E-state index is 13.3. The van der Waals surface area contributed by atoms with Crippen molar-refractivity contribution in [2.24, 2.45) is 5.92 Å². The minimum Gasteiger partial charge on any atom is -0.494 e. The Hall–Kier alpha value is -3.35. The lowest BCUT2D eigenvalue weighted by atomic mass is 9.87. The van der Waals surface area contributed by atoms with Crippen LogP contribution < -0.4 is 10.1 Å². The van der Waals surface area contributed by atoms with Crippen LogP contribution in [0.3, 0.4) is 0 Å². The number of urea groups is 1. The maximum absolute atomic E-state index is 13.3. The molecular formula is C28H35N3O4. The van der Waals surface area contributed by atoms with Crippen molar-refractivity contribution in [3.63, 3.8) is 0 Å². The van der Waals surface area contributed by atoms with Gasteiger partial charge in [0.15, 0.2) is 0 Å². The van der Waals surface area contributed by atoms with Crippen LogP contribution in [0.5, 0.6) is 5.75 Å². The average molecular weight is 478 g/mol. The highest BCUT2D eigenvalue weighted by molar-refractivity contribution is 6.09. The third-order valence-corrected chi connectivity index (χ3v) is 7.31. The summed E-state index contributed by atoms with van der Waals surface area (Å²) in [6.45, 7) is 5.62. The number of nitrogens with one attached hydrogen (secondary N) is 1. The van der Waals surface area contributed by atoms with Gasteiger partial charge in [0.25, 0.3) is 5.91 Å². The third kappa shape index (κ3) is 5.34. The standard InChI is InChI=1S/C28H35N3O4/c1-3-28(23-8-6-5-7-9-23)26(33)31(27(34)29-28)20-25(32)30-18-16-22(17-19-30)11-10-21-12-14-24(15-13-21)35-4-2/h5-9,12-15,22H,3-4,10-11,16-20H2,1-2H3,(H,29,34). The first kappa shape index (κ1) is 24.8. The van der Waals surface area contributed by atoms with Crippen LogP contribution in [0, 0.1) is 5.92 Å². The van der Waals surface area contributed by atoms with Gasteiger partial charge in [-0.25, -0.2) is 4.79 Å². The first-order chi connectivity index (χ1) is 17.0. The SMILES string of the molecule is CCOc1ccc(CCC2CCN(C(=O)CN3C(=O)NC(CC)(c4ccccc4)C3=O)CC2)cc1. The van der Waals surface area contributed by atoms with Crippen molar-refractivity contribution in [3.8, 4) is 5.75 Å². The summed E-state index contributed by atoms with van der Waals surface area (Å²) >= 11 is 0. The molecule has 0 bridgehead atoms. The number of benzene rings is 2.